The third kappa shape index (κ3) is 7.16. The summed E-state index contributed by atoms with van der Waals surface area (Å²) in [5.74, 6) is 4.05. The number of ether oxygens (including phenoxy) is 4. The lowest BCUT2D eigenvalue weighted by Crippen LogP contribution is -2.07. The fourth-order valence-electron chi connectivity index (χ4n) is 2.93. The first-order valence-electron chi connectivity index (χ1n) is 9.99. The van der Waals surface area contributed by atoms with E-state index in [0.29, 0.717) is 16.6 Å². The summed E-state index contributed by atoms with van der Waals surface area (Å²) in [6.45, 7) is 0. The number of benzene rings is 2. The fourth-order valence-corrected chi connectivity index (χ4v) is 4.61. The Hall–Kier alpha value is -3.17. The van der Waals surface area contributed by atoms with E-state index in [1.54, 1.807) is 58.4 Å². The Labute approximate surface area is 201 Å². The van der Waals surface area contributed by atoms with Gasteiger partial charge < -0.3 is 18.9 Å². The number of nitrogens with zero attached hydrogens (tertiary/aromatic N) is 1. The summed E-state index contributed by atoms with van der Waals surface area (Å²) in [4.78, 5) is 16.8. The third-order valence-electron chi connectivity index (χ3n) is 4.55. The number of nitrogens with one attached hydrogen (secondary N) is 1. The molecule has 3 rings (SSSR count). The van der Waals surface area contributed by atoms with E-state index in [0.717, 1.165) is 39.8 Å². The SMILES string of the molecule is COc1cc(CSCc2csc(NC(=O)/C=C/c3ccc(OC)c(OC)c3)n2)cc(OC)c1. The van der Waals surface area contributed by atoms with Crippen molar-refractivity contribution in [3.8, 4) is 23.0 Å². The normalized spacial score (nSPS) is 10.8. The average Bonchev–Trinajstić information content (AvgIpc) is 3.29. The molecular weight excluding hydrogens is 460 g/mol. The van der Waals surface area contributed by atoms with Crippen LogP contribution in [0.5, 0.6) is 23.0 Å². The van der Waals surface area contributed by atoms with Crippen molar-refractivity contribution in [3.05, 3.63) is 64.7 Å². The summed E-state index contributed by atoms with van der Waals surface area (Å²) in [5, 5.41) is 5.32. The van der Waals surface area contributed by atoms with E-state index in [1.165, 1.54) is 17.4 Å². The minimum Gasteiger partial charge on any atom is -0.497 e. The van der Waals surface area contributed by atoms with Crippen LogP contribution in [-0.2, 0) is 16.3 Å². The molecule has 9 heteroatoms. The number of hydrogen-bond donors (Lipinski definition) is 1. The Balaban J connectivity index is 1.51. The number of amides is 1. The highest BCUT2D eigenvalue weighted by atomic mass is 32.2. The smallest absolute Gasteiger partial charge is 0.250 e. The number of carbonyl (C=O) groups excluding carboxylic acids is 1. The van der Waals surface area contributed by atoms with E-state index < -0.39 is 0 Å². The van der Waals surface area contributed by atoms with Crippen molar-refractivity contribution in [2.75, 3.05) is 33.8 Å². The number of methoxy groups -OCH3 is 4. The minimum absolute atomic E-state index is 0.248. The molecule has 0 saturated carbocycles. The number of carbonyl (C=O) groups is 1. The zero-order valence-electron chi connectivity index (χ0n) is 18.9. The molecule has 174 valence electrons. The number of hydrogen-bond acceptors (Lipinski definition) is 8. The van der Waals surface area contributed by atoms with Crippen molar-refractivity contribution >= 4 is 40.2 Å². The average molecular weight is 487 g/mol. The molecule has 0 radical (unpaired) electrons. The van der Waals surface area contributed by atoms with E-state index in [1.807, 2.05) is 29.6 Å². The van der Waals surface area contributed by atoms with E-state index in [9.17, 15) is 4.79 Å². The van der Waals surface area contributed by atoms with Gasteiger partial charge in [-0.25, -0.2) is 4.98 Å². The molecule has 0 aliphatic rings. The minimum atomic E-state index is -0.248. The van der Waals surface area contributed by atoms with E-state index in [4.69, 9.17) is 18.9 Å². The summed E-state index contributed by atoms with van der Waals surface area (Å²) in [7, 11) is 6.43. The van der Waals surface area contributed by atoms with Crippen molar-refractivity contribution in [2.45, 2.75) is 11.5 Å². The second kappa shape index (κ2) is 12.2. The van der Waals surface area contributed by atoms with Gasteiger partial charge in [-0.1, -0.05) is 6.07 Å². The Kier molecular flexibility index (Phi) is 9.03. The van der Waals surface area contributed by atoms with Gasteiger partial charge in [0, 0.05) is 29.0 Å². The lowest BCUT2D eigenvalue weighted by Gasteiger charge is -2.08. The molecule has 7 nitrogen and oxygen atoms in total. The Morgan fingerprint density at radius 3 is 2.36 bits per heavy atom. The van der Waals surface area contributed by atoms with Crippen molar-refractivity contribution in [1.82, 2.24) is 4.98 Å². The maximum atomic E-state index is 12.3. The Bertz CT molecular complexity index is 1090. The molecule has 0 bridgehead atoms. The fraction of sp³-hybridized carbons (Fsp3) is 0.250. The molecule has 1 aromatic heterocycles. The van der Waals surface area contributed by atoms with E-state index in [-0.39, 0.29) is 5.91 Å². The quantitative estimate of drug-likeness (QED) is 0.370. The summed E-state index contributed by atoms with van der Waals surface area (Å²) in [6.07, 6.45) is 3.18. The van der Waals surface area contributed by atoms with Crippen molar-refractivity contribution in [1.29, 1.82) is 0 Å². The van der Waals surface area contributed by atoms with Crippen LogP contribution >= 0.6 is 23.1 Å². The maximum Gasteiger partial charge on any atom is 0.250 e. The summed E-state index contributed by atoms with van der Waals surface area (Å²) < 4.78 is 21.1. The van der Waals surface area contributed by atoms with Gasteiger partial charge in [0.05, 0.1) is 34.1 Å². The standard InChI is InChI=1S/C24H26N2O5S2/c1-28-19-9-17(10-20(12-19)29-2)13-32-14-18-15-33-24(25-18)26-23(27)8-6-16-5-7-21(30-3)22(11-16)31-4/h5-12,15H,13-14H2,1-4H3,(H,25,26,27)/b8-6+. The third-order valence-corrected chi connectivity index (χ3v) is 6.39. The first-order valence-corrected chi connectivity index (χ1v) is 12.0. The highest BCUT2D eigenvalue weighted by Gasteiger charge is 2.07. The van der Waals surface area contributed by atoms with Crippen LogP contribution in [0, 0.1) is 0 Å². The van der Waals surface area contributed by atoms with Gasteiger partial charge in [0.15, 0.2) is 16.6 Å². The molecule has 33 heavy (non-hydrogen) atoms. The number of aromatic nitrogens is 1. The second-order valence-electron chi connectivity index (χ2n) is 6.79. The summed E-state index contributed by atoms with van der Waals surface area (Å²) in [6, 6.07) is 11.3. The molecule has 3 aromatic rings. The molecule has 0 spiro atoms. The first kappa shape index (κ1) is 24.5. The topological polar surface area (TPSA) is 78.9 Å². The van der Waals surface area contributed by atoms with Crippen LogP contribution in [0.3, 0.4) is 0 Å². The number of rotatable bonds is 11. The highest BCUT2D eigenvalue weighted by Crippen LogP contribution is 2.29. The van der Waals surface area contributed by atoms with Crippen molar-refractivity contribution in [2.24, 2.45) is 0 Å². The molecule has 1 amide bonds. The van der Waals surface area contributed by atoms with Crippen LogP contribution in [0.1, 0.15) is 16.8 Å². The van der Waals surface area contributed by atoms with Crippen LogP contribution in [0.25, 0.3) is 6.08 Å². The predicted octanol–water partition coefficient (Wildman–Crippen LogP) is 5.26. The monoisotopic (exact) mass is 486 g/mol. The zero-order chi connectivity index (χ0) is 23.6. The van der Waals surface area contributed by atoms with Crippen LogP contribution in [-0.4, -0.2) is 39.3 Å². The van der Waals surface area contributed by atoms with Gasteiger partial charge in [-0.3, -0.25) is 10.1 Å². The predicted molar refractivity (Wildman–Crippen MR) is 134 cm³/mol. The van der Waals surface area contributed by atoms with Crippen LogP contribution in [0.15, 0.2) is 47.9 Å². The zero-order valence-corrected chi connectivity index (χ0v) is 20.5. The number of anilines is 1. The number of thiazole rings is 1. The lowest BCUT2D eigenvalue weighted by atomic mass is 10.2. The molecule has 0 saturated heterocycles. The second-order valence-corrected chi connectivity index (χ2v) is 8.64. The molecule has 1 heterocycles. The number of thioether (sulfide) groups is 1. The van der Waals surface area contributed by atoms with Crippen LogP contribution in [0.4, 0.5) is 5.13 Å². The maximum absolute atomic E-state index is 12.3. The molecule has 1 N–H and O–H groups in total. The Morgan fingerprint density at radius 2 is 1.70 bits per heavy atom. The van der Waals surface area contributed by atoms with Gasteiger partial charge in [0.25, 0.3) is 0 Å². The largest absolute Gasteiger partial charge is 0.497 e. The molecule has 0 atom stereocenters. The molecule has 0 fully saturated rings. The first-order chi connectivity index (χ1) is 16.0. The van der Waals surface area contributed by atoms with Crippen molar-refractivity contribution in [3.63, 3.8) is 0 Å². The van der Waals surface area contributed by atoms with E-state index >= 15 is 0 Å². The Morgan fingerprint density at radius 1 is 0.970 bits per heavy atom. The molecule has 0 aliphatic carbocycles. The summed E-state index contributed by atoms with van der Waals surface area (Å²) >= 11 is 3.13. The molecule has 0 aliphatic heterocycles. The van der Waals surface area contributed by atoms with Gasteiger partial charge in [-0.05, 0) is 41.5 Å². The van der Waals surface area contributed by atoms with Gasteiger partial charge in [0.1, 0.15) is 11.5 Å². The van der Waals surface area contributed by atoms with Crippen molar-refractivity contribution < 1.29 is 23.7 Å². The highest BCUT2D eigenvalue weighted by molar-refractivity contribution is 7.97. The van der Waals surface area contributed by atoms with Gasteiger partial charge >= 0.3 is 0 Å². The van der Waals surface area contributed by atoms with Gasteiger partial charge in [0.2, 0.25) is 5.91 Å². The van der Waals surface area contributed by atoms with E-state index in [2.05, 4.69) is 10.3 Å². The summed E-state index contributed by atoms with van der Waals surface area (Å²) in [5.41, 5.74) is 2.85. The molecular formula is C24H26N2O5S2. The molecule has 2 aromatic carbocycles. The van der Waals surface area contributed by atoms with Gasteiger partial charge in [-0.2, -0.15) is 11.8 Å². The van der Waals surface area contributed by atoms with Crippen LogP contribution < -0.4 is 24.3 Å². The van der Waals surface area contributed by atoms with Gasteiger partial charge in [-0.15, -0.1) is 11.3 Å². The lowest BCUT2D eigenvalue weighted by molar-refractivity contribution is -0.111. The molecule has 0 unspecified atom stereocenters. The van der Waals surface area contributed by atoms with Crippen LogP contribution in [0.2, 0.25) is 0 Å².